The Balaban J connectivity index is 2.17. The van der Waals surface area contributed by atoms with Crippen LogP contribution in [0.3, 0.4) is 0 Å². The van der Waals surface area contributed by atoms with Crippen molar-refractivity contribution in [3.05, 3.63) is 0 Å². The maximum absolute atomic E-state index is 2.67. The molecule has 0 spiro atoms. The summed E-state index contributed by atoms with van der Waals surface area (Å²) in [6, 6.07) is 0. The first-order chi connectivity index (χ1) is 6.77. The molecule has 2 unspecified atom stereocenters. The van der Waals surface area contributed by atoms with Crippen molar-refractivity contribution < 1.29 is 0 Å². The molecule has 0 radical (unpaired) electrons. The van der Waals surface area contributed by atoms with Crippen molar-refractivity contribution in [2.45, 2.75) is 33.1 Å². The molecule has 0 bridgehead atoms. The minimum Gasteiger partial charge on any atom is -0.303 e. The molecule has 2 atom stereocenters. The fourth-order valence-corrected chi connectivity index (χ4v) is 2.92. The van der Waals surface area contributed by atoms with Crippen LogP contribution in [-0.4, -0.2) is 36.5 Å². The van der Waals surface area contributed by atoms with Crippen molar-refractivity contribution in [1.29, 1.82) is 0 Å². The molecule has 0 aromatic carbocycles. The molecule has 1 heterocycles. The molecule has 1 rings (SSSR count). The maximum Gasteiger partial charge on any atom is 0.00128 e. The Hall–Kier alpha value is 0.310. The first-order valence-electron chi connectivity index (χ1n) is 5.99. The van der Waals surface area contributed by atoms with Gasteiger partial charge in [-0.2, -0.15) is 11.8 Å². The molecule has 14 heavy (non-hydrogen) atoms. The van der Waals surface area contributed by atoms with Gasteiger partial charge in [0.05, 0.1) is 0 Å². The summed E-state index contributed by atoms with van der Waals surface area (Å²) in [6.07, 6.45) is 6.35. The zero-order chi connectivity index (χ0) is 10.4. The van der Waals surface area contributed by atoms with Crippen molar-refractivity contribution in [2.24, 2.45) is 11.8 Å². The molecular formula is C12H25NS. The minimum absolute atomic E-state index is 0.934. The number of thioether (sulfide) groups is 1. The van der Waals surface area contributed by atoms with Gasteiger partial charge >= 0.3 is 0 Å². The van der Waals surface area contributed by atoms with E-state index in [0.717, 1.165) is 11.8 Å². The van der Waals surface area contributed by atoms with Crippen LogP contribution in [0.5, 0.6) is 0 Å². The fourth-order valence-electron chi connectivity index (χ4n) is 2.50. The molecule has 1 aliphatic rings. The highest BCUT2D eigenvalue weighted by atomic mass is 32.2. The van der Waals surface area contributed by atoms with Gasteiger partial charge in [0.2, 0.25) is 0 Å². The third-order valence-corrected chi connectivity index (χ3v) is 4.02. The van der Waals surface area contributed by atoms with Crippen molar-refractivity contribution in [2.75, 3.05) is 31.6 Å². The summed E-state index contributed by atoms with van der Waals surface area (Å²) >= 11 is 1.97. The number of hydrogen-bond donors (Lipinski definition) is 0. The Morgan fingerprint density at radius 1 is 1.36 bits per heavy atom. The van der Waals surface area contributed by atoms with Crippen LogP contribution < -0.4 is 0 Å². The van der Waals surface area contributed by atoms with E-state index in [1.54, 1.807) is 0 Å². The molecule has 84 valence electrons. The molecule has 1 aliphatic heterocycles. The predicted octanol–water partition coefficient (Wildman–Crippen LogP) is 3.11. The van der Waals surface area contributed by atoms with Gasteiger partial charge in [-0.05, 0) is 43.2 Å². The third kappa shape index (κ3) is 3.82. The Labute approximate surface area is 93.6 Å². The van der Waals surface area contributed by atoms with Gasteiger partial charge in [-0.15, -0.1) is 0 Å². The smallest absolute Gasteiger partial charge is 0.00128 e. The molecule has 0 aliphatic carbocycles. The second-order valence-electron chi connectivity index (χ2n) is 4.63. The van der Waals surface area contributed by atoms with Crippen LogP contribution in [-0.2, 0) is 0 Å². The first-order valence-corrected chi connectivity index (χ1v) is 7.38. The van der Waals surface area contributed by atoms with Crippen molar-refractivity contribution in [1.82, 2.24) is 4.90 Å². The van der Waals surface area contributed by atoms with Crippen LogP contribution in [0.1, 0.15) is 33.1 Å². The van der Waals surface area contributed by atoms with Crippen LogP contribution in [0.25, 0.3) is 0 Å². The lowest BCUT2D eigenvalue weighted by molar-refractivity contribution is 0.321. The van der Waals surface area contributed by atoms with E-state index in [1.165, 1.54) is 44.6 Å². The Morgan fingerprint density at radius 2 is 2.14 bits per heavy atom. The van der Waals surface area contributed by atoms with Gasteiger partial charge < -0.3 is 4.90 Å². The average molecular weight is 215 g/mol. The summed E-state index contributed by atoms with van der Waals surface area (Å²) in [7, 11) is 0. The average Bonchev–Trinajstić information content (AvgIpc) is 2.49. The van der Waals surface area contributed by atoms with Crippen LogP contribution >= 0.6 is 11.8 Å². The van der Waals surface area contributed by atoms with Crippen LogP contribution in [0.2, 0.25) is 0 Å². The van der Waals surface area contributed by atoms with Gasteiger partial charge in [0.25, 0.3) is 0 Å². The van der Waals surface area contributed by atoms with E-state index < -0.39 is 0 Å². The highest BCUT2D eigenvalue weighted by molar-refractivity contribution is 7.98. The molecule has 1 fully saturated rings. The Bertz CT molecular complexity index is 149. The maximum atomic E-state index is 2.67. The number of nitrogens with zero attached hydrogens (tertiary/aromatic N) is 1. The lowest BCUT2D eigenvalue weighted by Crippen LogP contribution is -2.22. The number of likely N-dealkylation sites (tertiary alicyclic amines) is 1. The normalized spacial score (nSPS) is 28.5. The molecular weight excluding hydrogens is 190 g/mol. The lowest BCUT2D eigenvalue weighted by Gasteiger charge is -2.15. The summed E-state index contributed by atoms with van der Waals surface area (Å²) in [5.74, 6) is 3.24. The summed E-state index contributed by atoms with van der Waals surface area (Å²) in [5.41, 5.74) is 0. The lowest BCUT2D eigenvalue weighted by atomic mass is 9.94. The van der Waals surface area contributed by atoms with Crippen LogP contribution in [0.4, 0.5) is 0 Å². The number of rotatable bonds is 6. The van der Waals surface area contributed by atoms with Crippen molar-refractivity contribution >= 4 is 11.8 Å². The SMILES string of the molecule is CCCC1CN(CCCSC)CC1C. The predicted molar refractivity (Wildman–Crippen MR) is 67.0 cm³/mol. The standard InChI is InChI=1S/C12H25NS/c1-4-6-12-10-13(9-11(12)2)7-5-8-14-3/h11-12H,4-10H2,1-3H3. The van der Waals surface area contributed by atoms with E-state index in [0.29, 0.717) is 0 Å². The van der Waals surface area contributed by atoms with E-state index in [-0.39, 0.29) is 0 Å². The number of hydrogen-bond acceptors (Lipinski definition) is 2. The molecule has 0 aromatic rings. The first kappa shape index (κ1) is 12.4. The highest BCUT2D eigenvalue weighted by Crippen LogP contribution is 2.26. The molecule has 0 aromatic heterocycles. The Morgan fingerprint density at radius 3 is 2.79 bits per heavy atom. The van der Waals surface area contributed by atoms with Gasteiger partial charge in [0, 0.05) is 13.1 Å². The van der Waals surface area contributed by atoms with E-state index in [4.69, 9.17) is 0 Å². The second-order valence-corrected chi connectivity index (χ2v) is 5.62. The molecule has 2 heteroatoms. The summed E-state index contributed by atoms with van der Waals surface area (Å²) in [5, 5.41) is 0. The van der Waals surface area contributed by atoms with Crippen LogP contribution in [0.15, 0.2) is 0 Å². The van der Waals surface area contributed by atoms with Gasteiger partial charge in [-0.1, -0.05) is 20.3 Å². The summed E-state index contributed by atoms with van der Waals surface area (Å²) < 4.78 is 0. The fraction of sp³-hybridized carbons (Fsp3) is 1.00. The topological polar surface area (TPSA) is 3.24 Å². The van der Waals surface area contributed by atoms with E-state index >= 15 is 0 Å². The van der Waals surface area contributed by atoms with Crippen molar-refractivity contribution in [3.8, 4) is 0 Å². The molecule has 0 amide bonds. The molecule has 1 nitrogen and oxygen atoms in total. The summed E-state index contributed by atoms with van der Waals surface area (Å²) in [6.45, 7) is 8.77. The van der Waals surface area contributed by atoms with Crippen LogP contribution in [0, 0.1) is 11.8 Å². The highest BCUT2D eigenvalue weighted by Gasteiger charge is 2.27. The zero-order valence-electron chi connectivity index (χ0n) is 9.96. The van der Waals surface area contributed by atoms with Gasteiger partial charge in [-0.3, -0.25) is 0 Å². The Kier molecular flexibility index (Phi) is 5.95. The monoisotopic (exact) mass is 215 g/mol. The summed E-state index contributed by atoms with van der Waals surface area (Å²) in [4.78, 5) is 2.67. The van der Waals surface area contributed by atoms with Crippen molar-refractivity contribution in [3.63, 3.8) is 0 Å². The second kappa shape index (κ2) is 6.73. The largest absolute Gasteiger partial charge is 0.303 e. The molecule has 0 N–H and O–H groups in total. The van der Waals surface area contributed by atoms with E-state index in [2.05, 4.69) is 25.0 Å². The molecule has 1 saturated heterocycles. The minimum atomic E-state index is 0.934. The third-order valence-electron chi connectivity index (χ3n) is 3.33. The quantitative estimate of drug-likeness (QED) is 0.626. The van der Waals surface area contributed by atoms with Gasteiger partial charge in [0.1, 0.15) is 0 Å². The van der Waals surface area contributed by atoms with Gasteiger partial charge in [-0.25, -0.2) is 0 Å². The van der Waals surface area contributed by atoms with E-state index in [1.807, 2.05) is 11.8 Å². The zero-order valence-corrected chi connectivity index (χ0v) is 10.8. The van der Waals surface area contributed by atoms with E-state index in [9.17, 15) is 0 Å². The van der Waals surface area contributed by atoms with Gasteiger partial charge in [0.15, 0.2) is 0 Å². The molecule has 0 saturated carbocycles.